The molecule has 0 atom stereocenters. The summed E-state index contributed by atoms with van der Waals surface area (Å²) in [5.41, 5.74) is 16.6. The molecular weight excluding hydrogens is 426 g/mol. The van der Waals surface area contributed by atoms with Crippen LogP contribution in [0.5, 0.6) is 5.75 Å². The van der Waals surface area contributed by atoms with Gasteiger partial charge in [-0.2, -0.15) is 0 Å². The van der Waals surface area contributed by atoms with Crippen molar-refractivity contribution < 1.29 is 4.74 Å². The van der Waals surface area contributed by atoms with Crippen molar-refractivity contribution in [3.63, 3.8) is 0 Å². The molecule has 4 N–H and O–H groups in total. The van der Waals surface area contributed by atoms with Crippen LogP contribution in [0.1, 0.15) is 70.9 Å². The Morgan fingerprint density at radius 2 is 1.50 bits per heavy atom. The van der Waals surface area contributed by atoms with Crippen molar-refractivity contribution in [2.24, 2.45) is 21.7 Å². The van der Waals surface area contributed by atoms with E-state index in [0.717, 1.165) is 17.0 Å². The van der Waals surface area contributed by atoms with Crippen LogP contribution in [0.4, 0.5) is 0 Å². The Labute approximate surface area is 201 Å². The lowest BCUT2D eigenvalue weighted by Gasteiger charge is -2.26. The highest BCUT2D eigenvalue weighted by Crippen LogP contribution is 2.30. The predicted octanol–water partition coefficient (Wildman–Crippen LogP) is 4.44. The molecule has 180 valence electrons. The number of nitrogens with zero attached hydrogens (tertiary/aromatic N) is 5. The standard InChI is InChI=1S/C26H35N7O/c1-17(29-31-24(27)28)23-15-33(32-30-23)21-8-10-22(11-9-21)34-16-18-12-19(25(2,3)4)14-20(13-18)26(5,6)7/h8-15H,16H2,1-7H3,(H4,27,28,31)/b29-17+. The molecule has 3 rings (SSSR count). The highest BCUT2D eigenvalue weighted by Gasteiger charge is 2.20. The van der Waals surface area contributed by atoms with Gasteiger partial charge in [0.25, 0.3) is 0 Å². The van der Waals surface area contributed by atoms with Gasteiger partial charge in [-0.05, 0) is 58.7 Å². The van der Waals surface area contributed by atoms with E-state index >= 15 is 0 Å². The van der Waals surface area contributed by atoms with Crippen molar-refractivity contribution in [2.75, 3.05) is 0 Å². The van der Waals surface area contributed by atoms with Gasteiger partial charge in [-0.25, -0.2) is 4.68 Å². The number of ether oxygens (including phenoxy) is 1. The summed E-state index contributed by atoms with van der Waals surface area (Å²) in [6.07, 6.45) is 1.77. The van der Waals surface area contributed by atoms with Crippen molar-refractivity contribution >= 4 is 11.7 Å². The van der Waals surface area contributed by atoms with E-state index < -0.39 is 0 Å². The summed E-state index contributed by atoms with van der Waals surface area (Å²) in [7, 11) is 0. The van der Waals surface area contributed by atoms with Crippen LogP contribution in [0.3, 0.4) is 0 Å². The predicted molar refractivity (Wildman–Crippen MR) is 138 cm³/mol. The molecule has 1 aromatic heterocycles. The summed E-state index contributed by atoms with van der Waals surface area (Å²) in [6.45, 7) is 15.7. The third-order valence-corrected chi connectivity index (χ3v) is 5.41. The minimum Gasteiger partial charge on any atom is -0.489 e. The van der Waals surface area contributed by atoms with Crippen molar-refractivity contribution in [3.8, 4) is 11.4 Å². The van der Waals surface area contributed by atoms with Crippen LogP contribution >= 0.6 is 0 Å². The van der Waals surface area contributed by atoms with Crippen LogP contribution < -0.4 is 16.2 Å². The SMILES string of the molecule is C/C(=N\N=C(N)N)c1cn(-c2ccc(OCc3cc(C(C)(C)C)cc(C(C)(C)C)c3)cc2)nn1. The molecule has 0 bridgehead atoms. The quantitative estimate of drug-likeness (QED) is 0.320. The first-order chi connectivity index (χ1) is 15.8. The van der Waals surface area contributed by atoms with Gasteiger partial charge in [0.1, 0.15) is 18.1 Å². The van der Waals surface area contributed by atoms with E-state index in [-0.39, 0.29) is 16.8 Å². The molecule has 8 heteroatoms. The average Bonchev–Trinajstić information content (AvgIpc) is 3.25. The van der Waals surface area contributed by atoms with E-state index in [9.17, 15) is 0 Å². The zero-order valence-electron chi connectivity index (χ0n) is 21.1. The summed E-state index contributed by atoms with van der Waals surface area (Å²) in [5, 5.41) is 15.9. The topological polar surface area (TPSA) is 117 Å². The van der Waals surface area contributed by atoms with E-state index in [1.807, 2.05) is 24.3 Å². The van der Waals surface area contributed by atoms with Gasteiger partial charge in [-0.15, -0.1) is 15.3 Å². The Bertz CT molecular complexity index is 1160. The summed E-state index contributed by atoms with van der Waals surface area (Å²) in [6, 6.07) is 14.5. The summed E-state index contributed by atoms with van der Waals surface area (Å²) >= 11 is 0. The molecule has 0 amide bonds. The maximum absolute atomic E-state index is 6.11. The van der Waals surface area contributed by atoms with Crippen molar-refractivity contribution in [1.29, 1.82) is 0 Å². The maximum Gasteiger partial charge on any atom is 0.211 e. The fraction of sp³-hybridized carbons (Fsp3) is 0.385. The number of aromatic nitrogens is 3. The first-order valence-electron chi connectivity index (χ1n) is 11.3. The minimum absolute atomic E-state index is 0.0701. The van der Waals surface area contributed by atoms with Crippen LogP contribution in [-0.2, 0) is 17.4 Å². The van der Waals surface area contributed by atoms with Crippen LogP contribution in [0.2, 0.25) is 0 Å². The third-order valence-electron chi connectivity index (χ3n) is 5.41. The van der Waals surface area contributed by atoms with Crippen LogP contribution in [0.25, 0.3) is 5.69 Å². The Morgan fingerprint density at radius 1 is 0.912 bits per heavy atom. The molecule has 1 heterocycles. The van der Waals surface area contributed by atoms with Gasteiger partial charge in [0, 0.05) is 0 Å². The highest BCUT2D eigenvalue weighted by atomic mass is 16.5. The van der Waals surface area contributed by atoms with E-state index in [2.05, 4.69) is 80.3 Å². The fourth-order valence-electron chi connectivity index (χ4n) is 3.24. The molecule has 0 radical (unpaired) electrons. The Kier molecular flexibility index (Phi) is 7.09. The van der Waals surface area contributed by atoms with Gasteiger partial charge in [0.2, 0.25) is 5.96 Å². The van der Waals surface area contributed by atoms with Crippen LogP contribution in [0, 0.1) is 0 Å². The number of rotatable bonds is 6. The molecule has 0 aliphatic rings. The largest absolute Gasteiger partial charge is 0.489 e. The van der Waals surface area contributed by atoms with Crippen molar-refractivity contribution in [3.05, 3.63) is 71.0 Å². The molecule has 34 heavy (non-hydrogen) atoms. The van der Waals surface area contributed by atoms with Gasteiger partial charge < -0.3 is 16.2 Å². The molecule has 0 saturated carbocycles. The molecule has 0 fully saturated rings. The fourth-order valence-corrected chi connectivity index (χ4v) is 3.24. The third kappa shape index (κ3) is 6.43. The summed E-state index contributed by atoms with van der Waals surface area (Å²) < 4.78 is 7.78. The average molecular weight is 462 g/mol. The lowest BCUT2D eigenvalue weighted by Crippen LogP contribution is -2.22. The van der Waals surface area contributed by atoms with E-state index in [1.165, 1.54) is 11.1 Å². The van der Waals surface area contributed by atoms with Gasteiger partial charge in [0.05, 0.1) is 17.6 Å². The zero-order valence-corrected chi connectivity index (χ0v) is 21.1. The van der Waals surface area contributed by atoms with Gasteiger partial charge >= 0.3 is 0 Å². The Morgan fingerprint density at radius 3 is 2.03 bits per heavy atom. The van der Waals surface area contributed by atoms with Gasteiger partial charge in [0.15, 0.2) is 0 Å². The molecule has 0 aliphatic heterocycles. The van der Waals surface area contributed by atoms with Crippen LogP contribution in [-0.4, -0.2) is 26.7 Å². The second-order valence-corrected chi connectivity index (χ2v) is 10.5. The van der Waals surface area contributed by atoms with Crippen LogP contribution in [0.15, 0.2) is 58.9 Å². The molecular formula is C26H35N7O. The van der Waals surface area contributed by atoms with E-state index in [0.29, 0.717) is 18.0 Å². The lowest BCUT2D eigenvalue weighted by atomic mass is 9.79. The first-order valence-corrected chi connectivity index (χ1v) is 11.3. The monoisotopic (exact) mass is 461 g/mol. The van der Waals surface area contributed by atoms with Gasteiger partial charge in [-0.1, -0.05) is 65.0 Å². The first kappa shape index (κ1) is 25.0. The molecule has 8 nitrogen and oxygen atoms in total. The molecule has 2 aromatic carbocycles. The summed E-state index contributed by atoms with van der Waals surface area (Å²) in [4.78, 5) is 0. The molecule has 0 aliphatic carbocycles. The lowest BCUT2D eigenvalue weighted by molar-refractivity contribution is 0.305. The summed E-state index contributed by atoms with van der Waals surface area (Å²) in [5.74, 6) is 0.676. The number of benzene rings is 2. The molecule has 0 unspecified atom stereocenters. The molecule has 0 saturated heterocycles. The highest BCUT2D eigenvalue weighted by molar-refractivity contribution is 5.97. The normalized spacial score (nSPS) is 12.5. The number of guanidine groups is 1. The maximum atomic E-state index is 6.11. The number of hydrogen-bond acceptors (Lipinski definition) is 5. The van der Waals surface area contributed by atoms with E-state index in [4.69, 9.17) is 16.2 Å². The number of nitrogens with two attached hydrogens (primary N) is 2. The van der Waals surface area contributed by atoms with Crippen molar-refractivity contribution in [1.82, 2.24) is 15.0 Å². The Hall–Kier alpha value is -3.68. The zero-order chi connectivity index (χ0) is 25.1. The number of hydrogen-bond donors (Lipinski definition) is 2. The van der Waals surface area contributed by atoms with E-state index in [1.54, 1.807) is 17.8 Å². The second-order valence-electron chi connectivity index (χ2n) is 10.5. The second kappa shape index (κ2) is 9.67. The Balaban J connectivity index is 1.74. The van der Waals surface area contributed by atoms with Crippen molar-refractivity contribution in [2.45, 2.75) is 65.9 Å². The van der Waals surface area contributed by atoms with Gasteiger partial charge in [-0.3, -0.25) is 0 Å². The molecule has 0 spiro atoms. The smallest absolute Gasteiger partial charge is 0.211 e. The minimum atomic E-state index is -0.109. The molecule has 3 aromatic rings.